The first kappa shape index (κ1) is 16.3. The van der Waals surface area contributed by atoms with E-state index in [0.29, 0.717) is 11.8 Å². The van der Waals surface area contributed by atoms with Crippen molar-refractivity contribution < 1.29 is 4.79 Å². The van der Waals surface area contributed by atoms with Crippen molar-refractivity contribution in [3.8, 4) is 0 Å². The first-order valence-electron chi connectivity index (χ1n) is 10.2. The molecule has 2 aromatic heterocycles. The van der Waals surface area contributed by atoms with E-state index < -0.39 is 0 Å². The minimum atomic E-state index is 0.0469. The minimum absolute atomic E-state index is 0.0469. The molecule has 5 heteroatoms. The Hall–Kier alpha value is -1.91. The maximum atomic E-state index is 13.2. The van der Waals surface area contributed by atoms with Crippen LogP contribution < -0.4 is 5.32 Å². The van der Waals surface area contributed by atoms with Gasteiger partial charge in [0.25, 0.3) is 5.91 Å². The zero-order valence-electron chi connectivity index (χ0n) is 16.0. The van der Waals surface area contributed by atoms with E-state index in [9.17, 15) is 4.79 Å². The number of pyridine rings is 1. The highest BCUT2D eigenvalue weighted by atomic mass is 16.1. The number of fused-ring (bicyclic) bond motifs is 3. The molecule has 138 valence electrons. The third-order valence-electron chi connectivity index (χ3n) is 7.02. The van der Waals surface area contributed by atoms with Gasteiger partial charge < -0.3 is 5.32 Å². The van der Waals surface area contributed by atoms with Gasteiger partial charge in [-0.05, 0) is 69.8 Å². The van der Waals surface area contributed by atoms with Crippen LogP contribution >= 0.6 is 0 Å². The van der Waals surface area contributed by atoms with Crippen molar-refractivity contribution in [2.45, 2.75) is 64.3 Å². The third-order valence-corrected chi connectivity index (χ3v) is 7.02. The van der Waals surface area contributed by atoms with Gasteiger partial charge in [0.05, 0.1) is 16.6 Å². The van der Waals surface area contributed by atoms with Crippen molar-refractivity contribution >= 4 is 16.9 Å². The molecule has 0 aromatic carbocycles. The van der Waals surface area contributed by atoms with E-state index in [2.05, 4.69) is 17.3 Å². The summed E-state index contributed by atoms with van der Waals surface area (Å²) in [6.07, 6.45) is 7.76. The van der Waals surface area contributed by atoms with Crippen molar-refractivity contribution in [3.05, 3.63) is 23.0 Å². The first-order valence-corrected chi connectivity index (χ1v) is 10.2. The summed E-state index contributed by atoms with van der Waals surface area (Å²) in [5, 5.41) is 8.76. The molecule has 2 bridgehead atoms. The lowest BCUT2D eigenvalue weighted by molar-refractivity contribution is 0.0916. The van der Waals surface area contributed by atoms with Crippen LogP contribution in [0.15, 0.2) is 6.07 Å². The maximum Gasteiger partial charge on any atom is 0.252 e. The van der Waals surface area contributed by atoms with Crippen LogP contribution in [0.25, 0.3) is 11.0 Å². The van der Waals surface area contributed by atoms with Crippen LogP contribution in [-0.4, -0.2) is 26.7 Å². The Labute approximate surface area is 154 Å². The summed E-state index contributed by atoms with van der Waals surface area (Å²) >= 11 is 0. The number of nitrogens with zero attached hydrogens (tertiary/aromatic N) is 3. The maximum absolute atomic E-state index is 13.2. The number of hydrogen-bond donors (Lipinski definition) is 1. The fourth-order valence-electron chi connectivity index (χ4n) is 5.53. The molecule has 0 aliphatic heterocycles. The molecule has 26 heavy (non-hydrogen) atoms. The van der Waals surface area contributed by atoms with Gasteiger partial charge in [-0.25, -0.2) is 4.98 Å². The first-order chi connectivity index (χ1) is 12.5. The Kier molecular flexibility index (Phi) is 3.63. The molecule has 1 amide bonds. The third kappa shape index (κ3) is 2.55. The van der Waals surface area contributed by atoms with Crippen LogP contribution in [0.2, 0.25) is 0 Å². The Morgan fingerprint density at radius 2 is 2.08 bits per heavy atom. The zero-order valence-corrected chi connectivity index (χ0v) is 16.0. The van der Waals surface area contributed by atoms with Crippen LogP contribution in [0.1, 0.15) is 73.1 Å². The fraction of sp³-hybridized carbons (Fsp3) is 0.667. The van der Waals surface area contributed by atoms with Gasteiger partial charge in [-0.2, -0.15) is 5.10 Å². The average molecular weight is 352 g/mol. The molecule has 5 rings (SSSR count). The lowest BCUT2D eigenvalue weighted by Gasteiger charge is -2.28. The van der Waals surface area contributed by atoms with E-state index >= 15 is 0 Å². The van der Waals surface area contributed by atoms with Gasteiger partial charge in [-0.3, -0.25) is 9.48 Å². The van der Waals surface area contributed by atoms with E-state index in [4.69, 9.17) is 4.98 Å². The molecule has 3 saturated carbocycles. The topological polar surface area (TPSA) is 59.8 Å². The number of carbonyl (C=O) groups is 1. The number of nitrogens with one attached hydrogen (secondary N) is 1. The van der Waals surface area contributed by atoms with Crippen molar-refractivity contribution in [2.24, 2.45) is 24.8 Å². The SMILES string of the molecule is Cc1nn(C)c2nc(C3CC3)cc(C(=O)NC(C)C3CC4CCC3C4)c12. The molecule has 0 spiro atoms. The van der Waals surface area contributed by atoms with Gasteiger partial charge in [0.15, 0.2) is 5.65 Å². The molecule has 0 saturated heterocycles. The fourth-order valence-corrected chi connectivity index (χ4v) is 5.53. The Morgan fingerprint density at radius 1 is 1.27 bits per heavy atom. The van der Waals surface area contributed by atoms with Gasteiger partial charge in [-0.15, -0.1) is 0 Å². The normalized spacial score (nSPS) is 28.7. The van der Waals surface area contributed by atoms with Crippen molar-refractivity contribution in [3.63, 3.8) is 0 Å². The van der Waals surface area contributed by atoms with Crippen LogP contribution in [0, 0.1) is 24.7 Å². The molecular formula is C21H28N4O. The Morgan fingerprint density at radius 3 is 2.73 bits per heavy atom. The molecule has 2 aromatic rings. The van der Waals surface area contributed by atoms with Gasteiger partial charge >= 0.3 is 0 Å². The Bertz CT molecular complexity index is 882. The van der Waals surface area contributed by atoms with Crippen LogP contribution in [0.3, 0.4) is 0 Å². The van der Waals surface area contributed by atoms with Crippen LogP contribution in [0.5, 0.6) is 0 Å². The van der Waals surface area contributed by atoms with Crippen LogP contribution in [0.4, 0.5) is 0 Å². The number of aromatic nitrogens is 3. The van der Waals surface area contributed by atoms with Gasteiger partial charge in [0.2, 0.25) is 0 Å². The molecule has 4 unspecified atom stereocenters. The second-order valence-corrected chi connectivity index (χ2v) is 8.88. The predicted molar refractivity (Wildman–Crippen MR) is 101 cm³/mol. The second kappa shape index (κ2) is 5.80. The van der Waals surface area contributed by atoms with E-state index in [1.165, 1.54) is 38.5 Å². The van der Waals surface area contributed by atoms with Gasteiger partial charge in [0.1, 0.15) is 0 Å². The summed E-state index contributed by atoms with van der Waals surface area (Å²) in [7, 11) is 1.92. The van der Waals surface area contributed by atoms with E-state index in [0.717, 1.165) is 39.8 Å². The summed E-state index contributed by atoms with van der Waals surface area (Å²) in [6, 6.07) is 2.26. The molecule has 3 aliphatic rings. The summed E-state index contributed by atoms with van der Waals surface area (Å²) < 4.78 is 1.81. The lowest BCUT2D eigenvalue weighted by atomic mass is 9.84. The molecule has 1 N–H and O–H groups in total. The van der Waals surface area contributed by atoms with Crippen LogP contribution in [-0.2, 0) is 7.05 Å². The summed E-state index contributed by atoms with van der Waals surface area (Å²) in [4.78, 5) is 18.0. The largest absolute Gasteiger partial charge is 0.349 e. The van der Waals surface area contributed by atoms with Crippen molar-refractivity contribution in [2.75, 3.05) is 0 Å². The zero-order chi connectivity index (χ0) is 18.0. The number of amides is 1. The smallest absolute Gasteiger partial charge is 0.252 e. The van der Waals surface area contributed by atoms with Crippen molar-refractivity contribution in [1.82, 2.24) is 20.1 Å². The standard InChI is InChI=1S/C21H28N4O/c1-11(16-9-13-4-5-15(16)8-13)22-21(26)17-10-18(14-6-7-14)23-20-19(17)12(2)24-25(20)3/h10-11,13-16H,4-9H2,1-3H3,(H,22,26). The highest BCUT2D eigenvalue weighted by molar-refractivity contribution is 6.06. The Balaban J connectivity index is 1.46. The average Bonchev–Trinajstić information content (AvgIpc) is 3.15. The summed E-state index contributed by atoms with van der Waals surface area (Å²) in [5.74, 6) is 2.93. The molecule has 0 radical (unpaired) electrons. The second-order valence-electron chi connectivity index (χ2n) is 8.88. The molecule has 3 fully saturated rings. The highest BCUT2D eigenvalue weighted by Gasteiger charge is 2.42. The predicted octanol–water partition coefficient (Wildman–Crippen LogP) is 3.71. The van der Waals surface area contributed by atoms with E-state index in [-0.39, 0.29) is 11.9 Å². The molecular weight excluding hydrogens is 324 g/mol. The number of hydrogen-bond acceptors (Lipinski definition) is 3. The molecule has 5 nitrogen and oxygen atoms in total. The summed E-state index contributed by atoms with van der Waals surface area (Å²) in [6.45, 7) is 4.16. The lowest BCUT2D eigenvalue weighted by Crippen LogP contribution is -2.40. The molecule has 2 heterocycles. The van der Waals surface area contributed by atoms with Gasteiger partial charge in [-0.1, -0.05) is 6.42 Å². The molecule has 4 atom stereocenters. The molecule has 3 aliphatic carbocycles. The monoisotopic (exact) mass is 352 g/mol. The number of carbonyl (C=O) groups excluding carboxylic acids is 1. The quantitative estimate of drug-likeness (QED) is 0.912. The van der Waals surface area contributed by atoms with Gasteiger partial charge in [0, 0.05) is 24.7 Å². The van der Waals surface area contributed by atoms with Crippen molar-refractivity contribution in [1.29, 1.82) is 0 Å². The van der Waals surface area contributed by atoms with E-state index in [1.54, 1.807) is 0 Å². The van der Waals surface area contributed by atoms with E-state index in [1.807, 2.05) is 24.7 Å². The number of aryl methyl sites for hydroxylation is 2. The highest BCUT2D eigenvalue weighted by Crippen LogP contribution is 2.49. The minimum Gasteiger partial charge on any atom is -0.349 e. The number of rotatable bonds is 4. The summed E-state index contributed by atoms with van der Waals surface area (Å²) in [5.41, 5.74) is 3.54.